The number of likely N-dealkylation sites (N-methyl/N-ethyl adjacent to an activating group) is 1. The van der Waals surface area contributed by atoms with Gasteiger partial charge in [0.2, 0.25) is 5.96 Å². The summed E-state index contributed by atoms with van der Waals surface area (Å²) in [4.78, 5) is 5.79. The van der Waals surface area contributed by atoms with E-state index in [2.05, 4.69) is 15.6 Å². The Bertz CT molecular complexity index is 269. The van der Waals surface area contributed by atoms with Crippen LogP contribution in [0.5, 0.6) is 0 Å². The summed E-state index contributed by atoms with van der Waals surface area (Å²) >= 11 is 0. The first kappa shape index (κ1) is 8.15. The van der Waals surface area contributed by atoms with Crippen molar-refractivity contribution in [3.05, 3.63) is 0 Å². The summed E-state index contributed by atoms with van der Waals surface area (Å²) in [7, 11) is 1.79. The van der Waals surface area contributed by atoms with Crippen molar-refractivity contribution in [1.82, 2.24) is 15.5 Å². The number of nitrogens with zero attached hydrogens (tertiary/aromatic N) is 4. The fourth-order valence-corrected chi connectivity index (χ4v) is 0.963. The van der Waals surface area contributed by atoms with Crippen molar-refractivity contribution >= 4 is 5.96 Å². The van der Waals surface area contributed by atoms with Crippen LogP contribution >= 0.6 is 0 Å². The molecule has 6 heteroatoms. The van der Waals surface area contributed by atoms with Crippen LogP contribution in [0.15, 0.2) is 4.99 Å². The average molecular weight is 164 g/mol. The highest BCUT2D eigenvalue weighted by Gasteiger charge is 2.20. The van der Waals surface area contributed by atoms with Gasteiger partial charge in [-0.25, -0.2) is 4.99 Å². The maximum atomic E-state index is 8.31. The molecule has 0 spiro atoms. The van der Waals surface area contributed by atoms with Crippen LogP contribution < -0.4 is 10.6 Å². The second-order valence-electron chi connectivity index (χ2n) is 2.34. The van der Waals surface area contributed by atoms with Crippen LogP contribution in [0.2, 0.25) is 0 Å². The van der Waals surface area contributed by atoms with Gasteiger partial charge in [-0.05, 0) is 0 Å². The molecule has 0 saturated carbocycles. The Morgan fingerprint density at radius 3 is 2.92 bits per heavy atom. The molecular formula is C6H8N6. The van der Waals surface area contributed by atoms with Crippen molar-refractivity contribution < 1.29 is 0 Å². The van der Waals surface area contributed by atoms with Crippen molar-refractivity contribution in [3.63, 3.8) is 0 Å². The summed E-state index contributed by atoms with van der Waals surface area (Å²) in [5.74, 6) is 0.491. The van der Waals surface area contributed by atoms with Crippen molar-refractivity contribution in [3.8, 4) is 12.4 Å². The molecule has 0 bridgehead atoms. The van der Waals surface area contributed by atoms with Crippen LogP contribution in [0.3, 0.4) is 0 Å². The second kappa shape index (κ2) is 3.44. The average Bonchev–Trinajstić information content (AvgIpc) is 2.34. The zero-order valence-corrected chi connectivity index (χ0v) is 6.57. The van der Waals surface area contributed by atoms with Gasteiger partial charge >= 0.3 is 0 Å². The van der Waals surface area contributed by atoms with E-state index in [9.17, 15) is 0 Å². The third kappa shape index (κ3) is 1.55. The molecule has 6 nitrogen and oxygen atoms in total. The molecule has 62 valence electrons. The normalized spacial score (nSPS) is 20.8. The zero-order valence-electron chi connectivity index (χ0n) is 6.57. The van der Waals surface area contributed by atoms with E-state index in [0.717, 1.165) is 0 Å². The highest BCUT2D eigenvalue weighted by atomic mass is 15.4. The van der Waals surface area contributed by atoms with Gasteiger partial charge in [-0.15, -0.1) is 0 Å². The van der Waals surface area contributed by atoms with Crippen LogP contribution in [-0.4, -0.2) is 30.6 Å². The molecule has 1 aliphatic heterocycles. The van der Waals surface area contributed by atoms with E-state index in [1.807, 2.05) is 0 Å². The van der Waals surface area contributed by atoms with E-state index in [1.54, 1.807) is 24.3 Å². The highest BCUT2D eigenvalue weighted by molar-refractivity contribution is 5.82. The van der Waals surface area contributed by atoms with E-state index >= 15 is 0 Å². The lowest BCUT2D eigenvalue weighted by molar-refractivity contribution is 0.474. The van der Waals surface area contributed by atoms with Gasteiger partial charge in [-0.2, -0.15) is 10.5 Å². The summed E-state index contributed by atoms with van der Waals surface area (Å²) in [6.45, 7) is 0.595. The maximum Gasteiger partial charge on any atom is 0.209 e. The molecular weight excluding hydrogens is 156 g/mol. The molecule has 0 radical (unpaired) electrons. The maximum absolute atomic E-state index is 8.31. The van der Waals surface area contributed by atoms with Gasteiger partial charge in [0.15, 0.2) is 12.4 Å². The topological polar surface area (TPSA) is 87.2 Å². The Labute approximate surface area is 70.1 Å². The quantitative estimate of drug-likeness (QED) is 0.373. The summed E-state index contributed by atoms with van der Waals surface area (Å²) < 4.78 is 0. The number of guanidine groups is 1. The Balaban J connectivity index is 2.57. The van der Waals surface area contributed by atoms with Crippen molar-refractivity contribution in [1.29, 1.82) is 10.5 Å². The SMILES string of the molecule is CN1CC(NC#N)N=C1NC#N. The van der Waals surface area contributed by atoms with Gasteiger partial charge in [-0.3, -0.25) is 10.6 Å². The first-order chi connectivity index (χ1) is 5.77. The van der Waals surface area contributed by atoms with Gasteiger partial charge in [0.05, 0.1) is 6.54 Å². The Morgan fingerprint density at radius 1 is 1.58 bits per heavy atom. The lowest BCUT2D eigenvalue weighted by Crippen LogP contribution is -2.34. The molecule has 1 heterocycles. The predicted octanol–water partition coefficient (Wildman–Crippen LogP) is -1.24. The molecule has 0 amide bonds. The molecule has 0 aromatic carbocycles. The number of hydrogen-bond donors (Lipinski definition) is 2. The molecule has 0 aliphatic carbocycles. The highest BCUT2D eigenvalue weighted by Crippen LogP contribution is 2.01. The molecule has 0 saturated heterocycles. The molecule has 1 aliphatic rings. The van der Waals surface area contributed by atoms with Gasteiger partial charge in [0, 0.05) is 7.05 Å². The Kier molecular flexibility index (Phi) is 2.34. The second-order valence-corrected chi connectivity index (χ2v) is 2.34. The summed E-state index contributed by atoms with van der Waals surface area (Å²) in [5, 5.41) is 21.5. The smallest absolute Gasteiger partial charge is 0.209 e. The number of nitriles is 2. The summed E-state index contributed by atoms with van der Waals surface area (Å²) in [6, 6.07) is 0. The molecule has 1 unspecified atom stereocenters. The number of nitrogens with one attached hydrogen (secondary N) is 2. The predicted molar refractivity (Wildman–Crippen MR) is 41.4 cm³/mol. The first-order valence-corrected chi connectivity index (χ1v) is 3.36. The minimum Gasteiger partial charge on any atom is -0.341 e. The van der Waals surface area contributed by atoms with Crippen molar-refractivity contribution in [2.75, 3.05) is 13.6 Å². The lowest BCUT2D eigenvalue weighted by atomic mass is 10.5. The monoisotopic (exact) mass is 164 g/mol. The van der Waals surface area contributed by atoms with Crippen LogP contribution in [0, 0.1) is 22.9 Å². The molecule has 0 fully saturated rings. The van der Waals surface area contributed by atoms with Crippen LogP contribution in [0.1, 0.15) is 0 Å². The van der Waals surface area contributed by atoms with Gasteiger partial charge in [-0.1, -0.05) is 0 Å². The Morgan fingerprint density at radius 2 is 2.33 bits per heavy atom. The van der Waals surface area contributed by atoms with E-state index in [-0.39, 0.29) is 6.17 Å². The minimum atomic E-state index is -0.240. The molecule has 0 aromatic rings. The fraction of sp³-hybridized carbons (Fsp3) is 0.500. The van der Waals surface area contributed by atoms with E-state index < -0.39 is 0 Å². The standard InChI is InChI=1S/C6H8N6/c1-12-2-5(9-3-7)11-6(12)10-4-8/h5,9H,2H2,1H3,(H,10,11). The largest absolute Gasteiger partial charge is 0.341 e. The third-order valence-corrected chi connectivity index (χ3v) is 1.49. The molecule has 2 N–H and O–H groups in total. The van der Waals surface area contributed by atoms with Gasteiger partial charge in [0.25, 0.3) is 0 Å². The first-order valence-electron chi connectivity index (χ1n) is 3.36. The molecule has 1 rings (SSSR count). The molecule has 1 atom stereocenters. The van der Waals surface area contributed by atoms with Crippen molar-refractivity contribution in [2.45, 2.75) is 6.17 Å². The fourth-order valence-electron chi connectivity index (χ4n) is 0.963. The number of rotatable bonds is 1. The summed E-state index contributed by atoms with van der Waals surface area (Å²) in [6.07, 6.45) is 3.33. The lowest BCUT2D eigenvalue weighted by Gasteiger charge is -2.11. The minimum absolute atomic E-state index is 0.240. The Hall–Kier alpha value is -1.95. The van der Waals surface area contributed by atoms with Gasteiger partial charge < -0.3 is 4.90 Å². The van der Waals surface area contributed by atoms with E-state index in [4.69, 9.17) is 10.5 Å². The van der Waals surface area contributed by atoms with Crippen molar-refractivity contribution in [2.24, 2.45) is 4.99 Å². The molecule has 12 heavy (non-hydrogen) atoms. The number of aliphatic imine (C=N–C) groups is 1. The van der Waals surface area contributed by atoms with E-state index in [0.29, 0.717) is 12.5 Å². The zero-order chi connectivity index (χ0) is 8.97. The number of hydrogen-bond acceptors (Lipinski definition) is 6. The van der Waals surface area contributed by atoms with Crippen LogP contribution in [0.4, 0.5) is 0 Å². The summed E-state index contributed by atoms with van der Waals surface area (Å²) in [5.41, 5.74) is 0. The molecule has 0 aromatic heterocycles. The van der Waals surface area contributed by atoms with Crippen LogP contribution in [-0.2, 0) is 0 Å². The third-order valence-electron chi connectivity index (χ3n) is 1.49. The van der Waals surface area contributed by atoms with Crippen LogP contribution in [0.25, 0.3) is 0 Å². The van der Waals surface area contributed by atoms with E-state index in [1.165, 1.54) is 0 Å². The van der Waals surface area contributed by atoms with Gasteiger partial charge in [0.1, 0.15) is 6.17 Å².